The fourth-order valence-electron chi connectivity index (χ4n) is 7.20. The number of nitrogens with zero attached hydrogens (tertiary/aromatic N) is 3. The summed E-state index contributed by atoms with van der Waals surface area (Å²) < 4.78 is 11.1. The summed E-state index contributed by atoms with van der Waals surface area (Å²) in [5.41, 5.74) is 3.03. The number of carbonyl (C=O) groups is 4. The zero-order chi connectivity index (χ0) is 35.2. The molecule has 3 amide bonds. The summed E-state index contributed by atoms with van der Waals surface area (Å²) in [7, 11) is 0. The third-order valence-electron chi connectivity index (χ3n) is 9.64. The number of benzene rings is 2. The second kappa shape index (κ2) is 13.0. The van der Waals surface area contributed by atoms with Gasteiger partial charge in [-0.1, -0.05) is 12.1 Å². The molecule has 0 aliphatic carbocycles. The molecule has 0 unspecified atom stereocenters. The fraction of sp³-hybridized carbons (Fsp3) is 0.568. The highest BCUT2D eigenvalue weighted by molar-refractivity contribution is 6.07. The number of likely N-dealkylation sites (tertiary alicyclic amines) is 2. The summed E-state index contributed by atoms with van der Waals surface area (Å²) in [6.45, 7) is 17.6. The lowest BCUT2D eigenvalue weighted by Gasteiger charge is -2.40. The number of ether oxygens (including phenoxy) is 2. The standard InChI is InChI=1S/C37H50N4O7/c1-9-41(26-12-16-39(17-13-26)33(45)47-35(3,4)5)30-22-25(20-27(23(30)2)31(42)43)24-10-11-28-29(21-24)38-32(44)37(28)14-18-40(19-15-37)34(46)48-36(6,7)8/h10-11,20-22,26H,9,12-19H2,1-8H3,(H,38,44)(H,42,43). The Morgan fingerprint density at radius 1 is 0.896 bits per heavy atom. The molecular formula is C37H50N4O7. The monoisotopic (exact) mass is 662 g/mol. The van der Waals surface area contributed by atoms with E-state index in [1.54, 1.807) is 15.9 Å². The van der Waals surface area contributed by atoms with Crippen LogP contribution in [0.5, 0.6) is 0 Å². The Bertz CT molecular complexity index is 1590. The number of hydrogen-bond donors (Lipinski definition) is 2. The molecule has 3 heterocycles. The summed E-state index contributed by atoms with van der Waals surface area (Å²) in [5.74, 6) is -1.08. The zero-order valence-corrected chi connectivity index (χ0v) is 29.6. The van der Waals surface area contributed by atoms with Crippen LogP contribution < -0.4 is 10.2 Å². The van der Waals surface area contributed by atoms with E-state index in [0.29, 0.717) is 56.8 Å². The number of carbonyl (C=O) groups excluding carboxylic acids is 3. The SMILES string of the molecule is CCN(c1cc(-c2ccc3c(c2)NC(=O)C32CCN(C(=O)OC(C)(C)C)CC2)cc(C(=O)O)c1C)C1CCN(C(=O)OC(C)(C)C)CC1. The third kappa shape index (κ3) is 7.10. The number of amides is 3. The molecule has 0 saturated carbocycles. The van der Waals surface area contributed by atoms with Gasteiger partial charge in [-0.2, -0.15) is 0 Å². The van der Waals surface area contributed by atoms with Gasteiger partial charge in [0.05, 0.1) is 11.0 Å². The first-order chi connectivity index (χ1) is 22.4. The minimum atomic E-state index is -1.00. The molecule has 0 radical (unpaired) electrons. The van der Waals surface area contributed by atoms with E-state index in [1.165, 1.54) is 0 Å². The number of aromatic carboxylic acids is 1. The molecule has 2 fully saturated rings. The maximum Gasteiger partial charge on any atom is 0.410 e. The average molecular weight is 663 g/mol. The van der Waals surface area contributed by atoms with Gasteiger partial charge in [-0.3, -0.25) is 4.79 Å². The van der Waals surface area contributed by atoms with Gasteiger partial charge in [0, 0.05) is 50.1 Å². The molecule has 11 nitrogen and oxygen atoms in total. The van der Waals surface area contributed by atoms with E-state index in [4.69, 9.17) is 9.47 Å². The van der Waals surface area contributed by atoms with E-state index in [9.17, 15) is 24.3 Å². The van der Waals surface area contributed by atoms with Crippen LogP contribution in [0.2, 0.25) is 0 Å². The quantitative estimate of drug-likeness (QED) is 0.358. The van der Waals surface area contributed by atoms with Crippen molar-refractivity contribution in [1.29, 1.82) is 0 Å². The van der Waals surface area contributed by atoms with Crippen LogP contribution in [0.4, 0.5) is 21.0 Å². The van der Waals surface area contributed by atoms with Crippen molar-refractivity contribution in [3.8, 4) is 11.1 Å². The lowest BCUT2D eigenvalue weighted by atomic mass is 9.73. The fourth-order valence-corrected chi connectivity index (χ4v) is 7.20. The lowest BCUT2D eigenvalue weighted by Crippen LogP contribution is -2.49. The van der Waals surface area contributed by atoms with E-state index >= 15 is 0 Å². The summed E-state index contributed by atoms with van der Waals surface area (Å²) >= 11 is 0. The highest BCUT2D eigenvalue weighted by Crippen LogP contribution is 2.47. The Balaban J connectivity index is 1.39. The molecule has 2 saturated heterocycles. The van der Waals surface area contributed by atoms with Crippen molar-refractivity contribution in [2.45, 2.75) is 104 Å². The molecule has 5 rings (SSSR count). The van der Waals surface area contributed by atoms with E-state index in [0.717, 1.165) is 35.2 Å². The van der Waals surface area contributed by atoms with Crippen LogP contribution in [-0.4, -0.2) is 88.9 Å². The van der Waals surface area contributed by atoms with Crippen molar-refractivity contribution in [2.75, 3.05) is 42.9 Å². The smallest absolute Gasteiger partial charge is 0.410 e. The van der Waals surface area contributed by atoms with Crippen molar-refractivity contribution in [1.82, 2.24) is 9.80 Å². The normalized spacial score (nSPS) is 18.0. The Kier molecular flexibility index (Phi) is 9.47. The van der Waals surface area contributed by atoms with E-state index in [1.807, 2.05) is 72.7 Å². The number of anilines is 2. The molecule has 0 atom stereocenters. The molecule has 2 aromatic carbocycles. The predicted octanol–water partition coefficient (Wildman–Crippen LogP) is 6.81. The summed E-state index contributed by atoms with van der Waals surface area (Å²) in [5, 5.41) is 13.3. The number of hydrogen-bond acceptors (Lipinski definition) is 7. The number of rotatable bonds is 5. The minimum absolute atomic E-state index is 0.0795. The molecule has 1 spiro atoms. The molecular weight excluding hydrogens is 612 g/mol. The molecule has 48 heavy (non-hydrogen) atoms. The molecule has 2 aromatic rings. The Hall–Kier alpha value is -4.28. The summed E-state index contributed by atoms with van der Waals surface area (Å²) in [6, 6.07) is 9.71. The van der Waals surface area contributed by atoms with Gasteiger partial charge in [0.15, 0.2) is 0 Å². The lowest BCUT2D eigenvalue weighted by molar-refractivity contribution is -0.122. The topological polar surface area (TPSA) is 129 Å². The zero-order valence-electron chi connectivity index (χ0n) is 29.6. The van der Waals surface area contributed by atoms with Crippen molar-refractivity contribution in [3.63, 3.8) is 0 Å². The summed E-state index contributed by atoms with van der Waals surface area (Å²) in [6.07, 6.45) is 1.76. The Morgan fingerprint density at radius 3 is 1.98 bits per heavy atom. The van der Waals surface area contributed by atoms with E-state index in [-0.39, 0.29) is 29.7 Å². The maximum atomic E-state index is 13.5. The van der Waals surface area contributed by atoms with Crippen molar-refractivity contribution >= 4 is 35.4 Å². The van der Waals surface area contributed by atoms with Crippen molar-refractivity contribution < 1.29 is 33.8 Å². The molecule has 11 heteroatoms. The van der Waals surface area contributed by atoms with Crippen LogP contribution in [0.3, 0.4) is 0 Å². The number of piperidine rings is 2. The van der Waals surface area contributed by atoms with E-state index in [2.05, 4.69) is 17.1 Å². The molecule has 0 bridgehead atoms. The first kappa shape index (κ1) is 35.0. The van der Waals surface area contributed by atoms with Crippen LogP contribution >= 0.6 is 0 Å². The van der Waals surface area contributed by atoms with Gasteiger partial charge in [-0.05, 0) is 122 Å². The number of fused-ring (bicyclic) bond motifs is 2. The maximum absolute atomic E-state index is 13.5. The van der Waals surface area contributed by atoms with Crippen molar-refractivity contribution in [2.24, 2.45) is 0 Å². The molecule has 3 aliphatic rings. The van der Waals surface area contributed by atoms with E-state index < -0.39 is 22.6 Å². The molecule has 0 aromatic heterocycles. The second-order valence-corrected chi connectivity index (χ2v) is 15.2. The van der Waals surface area contributed by atoms with Crippen molar-refractivity contribution in [3.05, 3.63) is 47.0 Å². The average Bonchev–Trinajstić information content (AvgIpc) is 3.26. The van der Waals surface area contributed by atoms with Gasteiger partial charge in [0.1, 0.15) is 11.2 Å². The van der Waals surface area contributed by atoms with Crippen LogP contribution in [0.1, 0.15) is 95.6 Å². The van der Waals surface area contributed by atoms with Gasteiger partial charge < -0.3 is 34.6 Å². The molecule has 2 N–H and O–H groups in total. The highest BCUT2D eigenvalue weighted by Gasteiger charge is 2.49. The molecule has 260 valence electrons. The first-order valence-corrected chi connectivity index (χ1v) is 17.0. The number of carboxylic acids is 1. The van der Waals surface area contributed by atoms with Gasteiger partial charge in [0.2, 0.25) is 5.91 Å². The van der Waals surface area contributed by atoms with Gasteiger partial charge in [-0.15, -0.1) is 0 Å². The van der Waals surface area contributed by atoms with Crippen LogP contribution in [0.25, 0.3) is 11.1 Å². The molecule has 3 aliphatic heterocycles. The van der Waals surface area contributed by atoms with Gasteiger partial charge in [-0.25, -0.2) is 14.4 Å². The van der Waals surface area contributed by atoms with Gasteiger partial charge >= 0.3 is 18.2 Å². The first-order valence-electron chi connectivity index (χ1n) is 17.0. The van der Waals surface area contributed by atoms with Crippen LogP contribution in [-0.2, 0) is 19.7 Å². The third-order valence-corrected chi connectivity index (χ3v) is 9.64. The minimum Gasteiger partial charge on any atom is -0.478 e. The predicted molar refractivity (Wildman–Crippen MR) is 185 cm³/mol. The second-order valence-electron chi connectivity index (χ2n) is 15.2. The number of nitrogens with one attached hydrogen (secondary N) is 1. The van der Waals surface area contributed by atoms with Gasteiger partial charge in [0.25, 0.3) is 0 Å². The largest absolute Gasteiger partial charge is 0.478 e. The Labute approximate surface area is 283 Å². The highest BCUT2D eigenvalue weighted by atomic mass is 16.6. The summed E-state index contributed by atoms with van der Waals surface area (Å²) in [4.78, 5) is 57.0. The van der Waals surface area contributed by atoms with Crippen LogP contribution in [0, 0.1) is 6.92 Å². The Morgan fingerprint density at radius 2 is 1.46 bits per heavy atom. The number of carboxylic acid groups (broad SMARTS) is 1. The van der Waals surface area contributed by atoms with Crippen LogP contribution in [0.15, 0.2) is 30.3 Å².